The van der Waals surface area contributed by atoms with Crippen LogP contribution in [0.15, 0.2) is 18.2 Å². The van der Waals surface area contributed by atoms with Gasteiger partial charge in [-0.25, -0.2) is 4.79 Å². The van der Waals surface area contributed by atoms with Crippen molar-refractivity contribution >= 4 is 23.3 Å². The van der Waals surface area contributed by atoms with Gasteiger partial charge >= 0.3 is 5.97 Å². The molecule has 1 aromatic rings. The highest BCUT2D eigenvalue weighted by Gasteiger charge is 2.09. The maximum atomic E-state index is 10.8. The molecule has 0 fully saturated rings. The van der Waals surface area contributed by atoms with Gasteiger partial charge in [0.2, 0.25) is 0 Å². The maximum absolute atomic E-state index is 10.8. The molecule has 1 N–H and O–H groups in total. The molecule has 0 saturated carbocycles. The van der Waals surface area contributed by atoms with E-state index in [0.717, 1.165) is 24.3 Å². The van der Waals surface area contributed by atoms with Gasteiger partial charge in [-0.2, -0.15) is 0 Å². The SMILES string of the molecule is CCN(CCCl)c1ccc(C(=O)O)cc1C. The first kappa shape index (κ1) is 12.8. The number of alkyl halides is 1. The van der Waals surface area contributed by atoms with E-state index in [9.17, 15) is 4.79 Å². The summed E-state index contributed by atoms with van der Waals surface area (Å²) in [6.07, 6.45) is 0. The lowest BCUT2D eigenvalue weighted by Gasteiger charge is -2.24. The second kappa shape index (κ2) is 5.75. The molecule has 0 bridgehead atoms. The lowest BCUT2D eigenvalue weighted by molar-refractivity contribution is 0.0697. The second-order valence-corrected chi connectivity index (χ2v) is 3.95. The van der Waals surface area contributed by atoms with Crippen molar-refractivity contribution in [3.05, 3.63) is 29.3 Å². The molecule has 0 amide bonds. The second-order valence-electron chi connectivity index (χ2n) is 3.58. The Labute approximate surface area is 101 Å². The van der Waals surface area contributed by atoms with Crippen LogP contribution in [0.2, 0.25) is 0 Å². The summed E-state index contributed by atoms with van der Waals surface area (Å²) in [5.74, 6) is -0.330. The number of hydrogen-bond acceptors (Lipinski definition) is 2. The van der Waals surface area contributed by atoms with E-state index in [0.29, 0.717) is 11.4 Å². The van der Waals surface area contributed by atoms with Crippen molar-refractivity contribution < 1.29 is 9.90 Å². The van der Waals surface area contributed by atoms with Crippen LogP contribution in [-0.4, -0.2) is 30.0 Å². The molecule has 0 heterocycles. The molecule has 0 aromatic heterocycles. The predicted molar refractivity (Wildman–Crippen MR) is 66.7 cm³/mol. The van der Waals surface area contributed by atoms with Crippen LogP contribution in [0.5, 0.6) is 0 Å². The molecule has 0 unspecified atom stereocenters. The smallest absolute Gasteiger partial charge is 0.335 e. The Bertz CT molecular complexity index is 379. The predicted octanol–water partition coefficient (Wildman–Crippen LogP) is 2.76. The molecular formula is C12H16ClNO2. The number of rotatable bonds is 5. The van der Waals surface area contributed by atoms with Gasteiger partial charge in [-0.3, -0.25) is 0 Å². The quantitative estimate of drug-likeness (QED) is 0.806. The van der Waals surface area contributed by atoms with Crippen molar-refractivity contribution in [3.8, 4) is 0 Å². The topological polar surface area (TPSA) is 40.5 Å². The van der Waals surface area contributed by atoms with E-state index in [2.05, 4.69) is 11.8 Å². The highest BCUT2D eigenvalue weighted by molar-refractivity contribution is 6.18. The monoisotopic (exact) mass is 241 g/mol. The van der Waals surface area contributed by atoms with E-state index >= 15 is 0 Å². The number of aryl methyl sites for hydroxylation is 1. The van der Waals surface area contributed by atoms with E-state index < -0.39 is 5.97 Å². The fraction of sp³-hybridized carbons (Fsp3) is 0.417. The first-order valence-corrected chi connectivity index (χ1v) is 5.78. The Morgan fingerprint density at radius 2 is 2.19 bits per heavy atom. The molecule has 1 aromatic carbocycles. The summed E-state index contributed by atoms with van der Waals surface area (Å²) in [4.78, 5) is 12.9. The van der Waals surface area contributed by atoms with Crippen LogP contribution in [0.1, 0.15) is 22.8 Å². The molecule has 0 spiro atoms. The van der Waals surface area contributed by atoms with Crippen LogP contribution in [-0.2, 0) is 0 Å². The highest BCUT2D eigenvalue weighted by Crippen LogP contribution is 2.21. The van der Waals surface area contributed by atoms with Crippen LogP contribution in [0.25, 0.3) is 0 Å². The standard InChI is InChI=1S/C12H16ClNO2/c1-3-14(7-6-13)11-5-4-10(12(15)16)8-9(11)2/h4-5,8H,3,6-7H2,1-2H3,(H,15,16). The van der Waals surface area contributed by atoms with Crippen LogP contribution >= 0.6 is 11.6 Å². The lowest BCUT2D eigenvalue weighted by Crippen LogP contribution is -2.25. The third-order valence-electron chi connectivity index (χ3n) is 2.52. The number of halogens is 1. The van der Waals surface area contributed by atoms with Gasteiger partial charge in [0, 0.05) is 24.7 Å². The van der Waals surface area contributed by atoms with Gasteiger partial charge in [0.25, 0.3) is 0 Å². The Balaban J connectivity index is 3.01. The minimum Gasteiger partial charge on any atom is -0.478 e. The molecule has 4 heteroatoms. The van der Waals surface area contributed by atoms with Gasteiger partial charge in [0.15, 0.2) is 0 Å². The van der Waals surface area contributed by atoms with Crippen LogP contribution in [0.4, 0.5) is 5.69 Å². The highest BCUT2D eigenvalue weighted by atomic mass is 35.5. The van der Waals surface area contributed by atoms with Crippen molar-refractivity contribution in [1.29, 1.82) is 0 Å². The van der Waals surface area contributed by atoms with E-state index in [1.807, 2.05) is 13.0 Å². The number of hydrogen-bond donors (Lipinski definition) is 1. The number of aromatic carboxylic acids is 1. The number of carboxylic acid groups (broad SMARTS) is 1. The summed E-state index contributed by atoms with van der Waals surface area (Å²) < 4.78 is 0. The first-order valence-electron chi connectivity index (χ1n) is 5.25. The fourth-order valence-corrected chi connectivity index (χ4v) is 1.90. The molecular weight excluding hydrogens is 226 g/mol. The number of anilines is 1. The van der Waals surface area contributed by atoms with Crippen LogP contribution in [0.3, 0.4) is 0 Å². The maximum Gasteiger partial charge on any atom is 0.335 e. The lowest BCUT2D eigenvalue weighted by atomic mass is 10.1. The average Bonchev–Trinajstić information content (AvgIpc) is 2.26. The Morgan fingerprint density at radius 3 is 2.62 bits per heavy atom. The van der Waals surface area contributed by atoms with E-state index in [4.69, 9.17) is 16.7 Å². The van der Waals surface area contributed by atoms with Gasteiger partial charge in [-0.05, 0) is 37.6 Å². The zero-order valence-corrected chi connectivity index (χ0v) is 10.3. The first-order chi connectivity index (χ1) is 7.60. The number of carbonyl (C=O) groups is 1. The molecule has 0 aliphatic rings. The Morgan fingerprint density at radius 1 is 1.50 bits per heavy atom. The number of nitrogens with zero attached hydrogens (tertiary/aromatic N) is 1. The van der Waals surface area contributed by atoms with Gasteiger partial charge in [0.1, 0.15) is 0 Å². The van der Waals surface area contributed by atoms with Crippen LogP contribution in [0, 0.1) is 6.92 Å². The molecule has 0 saturated heterocycles. The summed E-state index contributed by atoms with van der Waals surface area (Å²) in [6.45, 7) is 5.60. The third kappa shape index (κ3) is 2.89. The summed E-state index contributed by atoms with van der Waals surface area (Å²) >= 11 is 5.72. The summed E-state index contributed by atoms with van der Waals surface area (Å²) in [5.41, 5.74) is 2.34. The molecule has 0 atom stereocenters. The number of carboxylic acids is 1. The molecule has 0 aliphatic heterocycles. The summed E-state index contributed by atoms with van der Waals surface area (Å²) in [6, 6.07) is 5.16. The number of benzene rings is 1. The van der Waals surface area contributed by atoms with Gasteiger partial charge in [-0.15, -0.1) is 11.6 Å². The van der Waals surface area contributed by atoms with Crippen molar-refractivity contribution in [3.63, 3.8) is 0 Å². The van der Waals surface area contributed by atoms with E-state index in [1.54, 1.807) is 12.1 Å². The average molecular weight is 242 g/mol. The van der Waals surface area contributed by atoms with E-state index in [-0.39, 0.29) is 0 Å². The molecule has 88 valence electrons. The van der Waals surface area contributed by atoms with Crippen molar-refractivity contribution in [1.82, 2.24) is 0 Å². The van der Waals surface area contributed by atoms with Crippen molar-refractivity contribution in [2.45, 2.75) is 13.8 Å². The molecule has 16 heavy (non-hydrogen) atoms. The molecule has 3 nitrogen and oxygen atoms in total. The minimum absolute atomic E-state index is 0.322. The largest absolute Gasteiger partial charge is 0.478 e. The fourth-order valence-electron chi connectivity index (χ4n) is 1.69. The summed E-state index contributed by atoms with van der Waals surface area (Å²) in [5, 5.41) is 8.86. The van der Waals surface area contributed by atoms with E-state index in [1.165, 1.54) is 0 Å². The molecule has 0 aliphatic carbocycles. The minimum atomic E-state index is -0.893. The Hall–Kier alpha value is -1.22. The van der Waals surface area contributed by atoms with Crippen molar-refractivity contribution in [2.75, 3.05) is 23.9 Å². The molecule has 0 radical (unpaired) electrons. The third-order valence-corrected chi connectivity index (χ3v) is 2.69. The van der Waals surface area contributed by atoms with Gasteiger partial charge in [-0.1, -0.05) is 0 Å². The van der Waals surface area contributed by atoms with Gasteiger partial charge < -0.3 is 10.0 Å². The Kier molecular flexibility index (Phi) is 4.62. The zero-order chi connectivity index (χ0) is 12.1. The van der Waals surface area contributed by atoms with Crippen molar-refractivity contribution in [2.24, 2.45) is 0 Å². The normalized spacial score (nSPS) is 10.2. The summed E-state index contributed by atoms with van der Waals surface area (Å²) in [7, 11) is 0. The van der Waals surface area contributed by atoms with Crippen LogP contribution < -0.4 is 4.90 Å². The van der Waals surface area contributed by atoms with Gasteiger partial charge in [0.05, 0.1) is 5.56 Å². The zero-order valence-electron chi connectivity index (χ0n) is 9.53. The molecule has 1 rings (SSSR count).